The summed E-state index contributed by atoms with van der Waals surface area (Å²) in [4.78, 5) is 71.6. The Hall–Kier alpha value is -6.05. The van der Waals surface area contributed by atoms with Crippen molar-refractivity contribution >= 4 is 41.1 Å². The van der Waals surface area contributed by atoms with E-state index >= 15 is 0 Å². The molecule has 7 rings (SSSR count). The van der Waals surface area contributed by atoms with Gasteiger partial charge in [-0.25, -0.2) is 4.79 Å². The zero-order valence-electron chi connectivity index (χ0n) is 43.5. The highest BCUT2D eigenvalue weighted by Gasteiger charge is 2.47. The number of ether oxygens (including phenoxy) is 3. The maximum absolute atomic E-state index is 14.4. The number of alkyl carbamates (subject to hydrolysis) is 1. The topological polar surface area (TPSA) is 164 Å². The minimum atomic E-state index is -4.83. The third-order valence-electron chi connectivity index (χ3n) is 13.8. The molecular weight excluding hydrogens is 975 g/mol. The molecule has 3 N–H and O–H groups in total. The molecule has 4 aliphatic rings. The van der Waals surface area contributed by atoms with Gasteiger partial charge in [-0.2, -0.15) is 26.3 Å². The maximum atomic E-state index is 14.4. The summed E-state index contributed by atoms with van der Waals surface area (Å²) in [5.41, 5.74) is 0.669. The Kier molecular flexibility index (Phi) is 18.0. The van der Waals surface area contributed by atoms with Gasteiger partial charge in [0.25, 0.3) is 23.6 Å². The lowest BCUT2D eigenvalue weighted by atomic mass is 9.92. The number of hydrogen-bond acceptors (Lipinski definition) is 9. The van der Waals surface area contributed by atoms with Crippen LogP contribution in [0, 0.1) is 0 Å². The fourth-order valence-electron chi connectivity index (χ4n) is 10.3. The Labute approximate surface area is 429 Å². The Morgan fingerprint density at radius 2 is 1.08 bits per heavy atom. The van der Waals surface area contributed by atoms with Crippen LogP contribution in [-0.2, 0) is 33.3 Å². The van der Waals surface area contributed by atoms with Gasteiger partial charge in [-0.15, -0.1) is 0 Å². The van der Waals surface area contributed by atoms with Crippen molar-refractivity contribution in [2.75, 3.05) is 36.0 Å². The highest BCUT2D eigenvalue weighted by molar-refractivity contribution is 6.06. The molecule has 0 saturated heterocycles. The predicted octanol–water partition coefficient (Wildman–Crippen LogP) is 10.7. The van der Waals surface area contributed by atoms with E-state index in [-0.39, 0.29) is 79.8 Å². The molecule has 0 bridgehead atoms. The number of rotatable bonds is 13. The lowest BCUT2D eigenvalue weighted by Gasteiger charge is -2.40. The second-order valence-electron chi connectivity index (χ2n) is 20.8. The van der Waals surface area contributed by atoms with Gasteiger partial charge in [0.05, 0.1) is 33.6 Å². The standard InChI is InChI=1S/C31H38F3N3O5.C23H32F3N3O3/c1-20(2)37(22-13-9-6-10-14-22)27(38)23-17-25-26(18-24(23)31(32,33)34)42-30(3,4)28(39)36(25)16-15-35-29(40)41-19-21-11-7-5-8-12-21;1-14(2)29(15-8-6-5-7-9-15)20(30)16-12-18-19(13-17(16)23(24,25)26)32-22(3,4)21(31)28(18)11-10-27/h5,7-8,11-12,17-18,20,22H,6,9-10,13-16,19H2,1-4H3,(H,35,40);12-15H,5-11,27H2,1-4H3. The Morgan fingerprint density at radius 3 is 1.46 bits per heavy atom. The van der Waals surface area contributed by atoms with Crippen LogP contribution in [0.15, 0.2) is 54.6 Å². The molecule has 2 saturated carbocycles. The molecule has 406 valence electrons. The lowest BCUT2D eigenvalue weighted by Crippen LogP contribution is -2.54. The summed E-state index contributed by atoms with van der Waals surface area (Å²) in [7, 11) is 0. The smallest absolute Gasteiger partial charge is 0.417 e. The molecule has 0 radical (unpaired) electrons. The van der Waals surface area contributed by atoms with Crippen molar-refractivity contribution in [1.82, 2.24) is 15.1 Å². The number of amides is 5. The number of hydrogen-bond donors (Lipinski definition) is 2. The number of alkyl halides is 6. The van der Waals surface area contributed by atoms with E-state index in [4.69, 9.17) is 19.9 Å². The van der Waals surface area contributed by atoms with E-state index in [1.807, 2.05) is 44.2 Å². The fraction of sp³-hybridized carbons (Fsp3) is 0.574. The first-order chi connectivity index (χ1) is 34.7. The Bertz CT molecular complexity index is 2500. The average molecular weight is 1050 g/mol. The van der Waals surface area contributed by atoms with Crippen molar-refractivity contribution in [3.05, 3.63) is 82.4 Å². The van der Waals surface area contributed by atoms with Gasteiger partial charge in [0.1, 0.15) is 18.1 Å². The molecular formula is C54H70F6N6O8. The summed E-state index contributed by atoms with van der Waals surface area (Å²) in [5, 5.41) is 2.58. The molecule has 3 aromatic rings. The summed E-state index contributed by atoms with van der Waals surface area (Å²) in [5.74, 6) is -2.58. The van der Waals surface area contributed by atoms with Crippen molar-refractivity contribution in [1.29, 1.82) is 0 Å². The van der Waals surface area contributed by atoms with Crippen LogP contribution in [0.4, 0.5) is 42.5 Å². The van der Waals surface area contributed by atoms with Crippen LogP contribution < -0.4 is 30.3 Å². The SMILES string of the molecule is CC(C)N(C(=O)c1cc2c(cc1C(F)(F)F)OC(C)(C)C(=O)N2CCN)C1CCCCC1.CC(C)N(C(=O)c1cc2c(cc1C(F)(F)F)OC(C)(C)C(=O)N2CCNC(=O)OCc1ccccc1)C1CCCCC1. The monoisotopic (exact) mass is 1040 g/mol. The number of fused-ring (bicyclic) bond motifs is 2. The largest absolute Gasteiger partial charge is 0.476 e. The lowest BCUT2D eigenvalue weighted by molar-refractivity contribution is -0.139. The highest BCUT2D eigenvalue weighted by Crippen LogP contribution is 2.46. The van der Waals surface area contributed by atoms with E-state index in [9.17, 15) is 50.3 Å². The quantitative estimate of drug-likeness (QED) is 0.159. The van der Waals surface area contributed by atoms with Gasteiger partial charge in [0.2, 0.25) is 0 Å². The first kappa shape index (κ1) is 57.2. The molecule has 2 aliphatic heterocycles. The van der Waals surface area contributed by atoms with Crippen molar-refractivity contribution < 1.29 is 64.5 Å². The Morgan fingerprint density at radius 1 is 0.676 bits per heavy atom. The highest BCUT2D eigenvalue weighted by atomic mass is 19.4. The van der Waals surface area contributed by atoms with Gasteiger partial charge in [-0.05, 0) is 111 Å². The number of carbonyl (C=O) groups excluding carboxylic acids is 5. The summed E-state index contributed by atoms with van der Waals surface area (Å²) in [6, 6.07) is 12.2. The first-order valence-corrected chi connectivity index (χ1v) is 25.5. The molecule has 2 fully saturated rings. The summed E-state index contributed by atoms with van der Waals surface area (Å²) >= 11 is 0. The van der Waals surface area contributed by atoms with Gasteiger partial charge < -0.3 is 44.9 Å². The van der Waals surface area contributed by atoms with E-state index in [1.54, 1.807) is 23.6 Å². The van der Waals surface area contributed by atoms with Crippen LogP contribution in [0.3, 0.4) is 0 Å². The van der Waals surface area contributed by atoms with Gasteiger partial charge in [0, 0.05) is 50.3 Å². The zero-order chi connectivity index (χ0) is 54.5. The Balaban J connectivity index is 0.000000250. The molecule has 2 heterocycles. The van der Waals surface area contributed by atoms with Gasteiger partial charge >= 0.3 is 18.4 Å². The molecule has 0 aromatic heterocycles. The summed E-state index contributed by atoms with van der Waals surface area (Å²) in [6.45, 7) is 13.3. The zero-order valence-corrected chi connectivity index (χ0v) is 43.5. The summed E-state index contributed by atoms with van der Waals surface area (Å²) < 4.78 is 102. The van der Waals surface area contributed by atoms with E-state index in [0.717, 1.165) is 94.0 Å². The third-order valence-corrected chi connectivity index (χ3v) is 13.8. The van der Waals surface area contributed by atoms with Gasteiger partial charge in [0.15, 0.2) is 11.2 Å². The number of nitrogens with one attached hydrogen (secondary N) is 1. The molecule has 0 spiro atoms. The number of halogens is 6. The number of nitrogens with zero attached hydrogens (tertiary/aromatic N) is 4. The van der Waals surface area contributed by atoms with Crippen molar-refractivity contribution in [2.24, 2.45) is 5.73 Å². The molecule has 0 unspecified atom stereocenters. The minimum absolute atomic E-state index is 0.0423. The second-order valence-corrected chi connectivity index (χ2v) is 20.8. The van der Waals surface area contributed by atoms with Crippen LogP contribution in [0.25, 0.3) is 0 Å². The number of benzene rings is 3. The first-order valence-electron chi connectivity index (χ1n) is 25.5. The van der Waals surface area contributed by atoms with E-state index < -0.39 is 75.5 Å². The maximum Gasteiger partial charge on any atom is 0.417 e. The molecule has 3 aromatic carbocycles. The molecule has 5 amide bonds. The van der Waals surface area contributed by atoms with Crippen LogP contribution >= 0.6 is 0 Å². The average Bonchev–Trinajstić information content (AvgIpc) is 3.33. The molecule has 2 aliphatic carbocycles. The van der Waals surface area contributed by atoms with E-state index in [2.05, 4.69) is 5.32 Å². The second kappa shape index (κ2) is 23.2. The van der Waals surface area contributed by atoms with E-state index in [1.165, 1.54) is 37.5 Å². The van der Waals surface area contributed by atoms with E-state index in [0.29, 0.717) is 0 Å². The number of nitrogens with two attached hydrogens (primary N) is 1. The number of anilines is 2. The van der Waals surface area contributed by atoms with Crippen molar-refractivity contribution in [2.45, 2.75) is 174 Å². The predicted molar refractivity (Wildman–Crippen MR) is 267 cm³/mol. The molecule has 0 atom stereocenters. The van der Waals surface area contributed by atoms with Crippen molar-refractivity contribution in [3.63, 3.8) is 0 Å². The fourth-order valence-corrected chi connectivity index (χ4v) is 10.3. The number of carbonyl (C=O) groups is 5. The minimum Gasteiger partial charge on any atom is -0.476 e. The third kappa shape index (κ3) is 13.1. The van der Waals surface area contributed by atoms with Crippen LogP contribution in [0.2, 0.25) is 0 Å². The normalized spacial score (nSPS) is 17.9. The van der Waals surface area contributed by atoms with Gasteiger partial charge in [-0.1, -0.05) is 68.9 Å². The van der Waals surface area contributed by atoms with Crippen LogP contribution in [-0.4, -0.2) is 101 Å². The molecule has 74 heavy (non-hydrogen) atoms. The van der Waals surface area contributed by atoms with Gasteiger partial charge in [-0.3, -0.25) is 19.2 Å². The van der Waals surface area contributed by atoms with Crippen LogP contribution in [0.5, 0.6) is 11.5 Å². The molecule has 14 nitrogen and oxygen atoms in total. The van der Waals surface area contributed by atoms with Crippen molar-refractivity contribution in [3.8, 4) is 11.5 Å². The molecule has 20 heteroatoms. The summed E-state index contributed by atoms with van der Waals surface area (Å²) in [6.07, 6.45) is -1.52. The van der Waals surface area contributed by atoms with Crippen LogP contribution in [0.1, 0.15) is 157 Å².